The van der Waals surface area contributed by atoms with Crippen molar-refractivity contribution < 1.29 is 4.74 Å². The van der Waals surface area contributed by atoms with E-state index >= 15 is 0 Å². The number of nitrogen functional groups attached to an aromatic ring is 1. The SMILES string of the molecule is CC1CCCCN1c1nc(N2CCOCC2)c2ccc(N)nc2n1. The number of hydrogen-bond acceptors (Lipinski definition) is 7. The Morgan fingerprint density at radius 3 is 2.71 bits per heavy atom. The van der Waals surface area contributed by atoms with Crippen LogP contribution < -0.4 is 15.5 Å². The zero-order chi connectivity index (χ0) is 16.5. The van der Waals surface area contributed by atoms with Crippen molar-refractivity contribution in [2.45, 2.75) is 32.2 Å². The van der Waals surface area contributed by atoms with Gasteiger partial charge in [-0.05, 0) is 38.3 Å². The van der Waals surface area contributed by atoms with E-state index in [9.17, 15) is 0 Å². The number of ether oxygens (including phenoxy) is 1. The average Bonchev–Trinajstić information content (AvgIpc) is 2.61. The fraction of sp³-hybridized carbons (Fsp3) is 0.588. The van der Waals surface area contributed by atoms with Crippen molar-refractivity contribution in [2.24, 2.45) is 0 Å². The number of rotatable bonds is 2. The topological polar surface area (TPSA) is 80.4 Å². The van der Waals surface area contributed by atoms with E-state index in [1.54, 1.807) is 0 Å². The maximum Gasteiger partial charge on any atom is 0.229 e. The number of nitrogens with two attached hydrogens (primary N) is 1. The highest BCUT2D eigenvalue weighted by Gasteiger charge is 2.24. The van der Waals surface area contributed by atoms with Crippen LogP contribution >= 0.6 is 0 Å². The molecule has 2 aromatic heterocycles. The minimum atomic E-state index is 0.454. The molecule has 4 rings (SSSR count). The van der Waals surface area contributed by atoms with Crippen LogP contribution in [-0.2, 0) is 4.74 Å². The van der Waals surface area contributed by atoms with Crippen LogP contribution in [0.2, 0.25) is 0 Å². The van der Waals surface area contributed by atoms with Crippen LogP contribution in [0, 0.1) is 0 Å². The first-order valence-electron chi connectivity index (χ1n) is 8.76. The lowest BCUT2D eigenvalue weighted by Gasteiger charge is -2.35. The van der Waals surface area contributed by atoms with Crippen LogP contribution in [0.15, 0.2) is 12.1 Å². The van der Waals surface area contributed by atoms with Gasteiger partial charge in [0.1, 0.15) is 11.6 Å². The molecule has 0 saturated carbocycles. The molecule has 0 aliphatic carbocycles. The minimum absolute atomic E-state index is 0.454. The fourth-order valence-corrected chi connectivity index (χ4v) is 3.54. The Bertz CT molecular complexity index is 730. The molecule has 4 heterocycles. The quantitative estimate of drug-likeness (QED) is 0.900. The third-order valence-corrected chi connectivity index (χ3v) is 4.92. The molecule has 7 nitrogen and oxygen atoms in total. The Hall–Kier alpha value is -2.15. The predicted octanol–water partition coefficient (Wildman–Crippen LogP) is 1.82. The molecule has 2 aliphatic heterocycles. The van der Waals surface area contributed by atoms with Crippen molar-refractivity contribution in [1.82, 2.24) is 15.0 Å². The van der Waals surface area contributed by atoms with Gasteiger partial charge in [-0.15, -0.1) is 0 Å². The Balaban J connectivity index is 1.82. The molecule has 2 aromatic rings. The molecule has 1 unspecified atom stereocenters. The molecule has 0 aromatic carbocycles. The molecule has 24 heavy (non-hydrogen) atoms. The molecule has 7 heteroatoms. The summed E-state index contributed by atoms with van der Waals surface area (Å²) in [6, 6.07) is 4.25. The summed E-state index contributed by atoms with van der Waals surface area (Å²) in [7, 11) is 0. The van der Waals surface area contributed by atoms with Crippen molar-refractivity contribution in [2.75, 3.05) is 48.4 Å². The summed E-state index contributed by atoms with van der Waals surface area (Å²) in [6.45, 7) is 6.37. The van der Waals surface area contributed by atoms with Gasteiger partial charge < -0.3 is 20.3 Å². The Morgan fingerprint density at radius 2 is 1.92 bits per heavy atom. The maximum absolute atomic E-state index is 5.89. The number of nitrogens with zero attached hydrogens (tertiary/aromatic N) is 5. The number of pyridine rings is 1. The van der Waals surface area contributed by atoms with Crippen LogP contribution in [-0.4, -0.2) is 53.8 Å². The standard InChI is InChI=1S/C17H24N6O/c1-12-4-2-3-7-23(12)17-20-15-13(5-6-14(18)19-15)16(21-17)22-8-10-24-11-9-22/h5-6,12H,2-4,7-11H2,1H3,(H2,18,19,20,21). The average molecular weight is 328 g/mol. The van der Waals surface area contributed by atoms with E-state index in [2.05, 4.69) is 21.7 Å². The lowest BCUT2D eigenvalue weighted by atomic mass is 10.0. The van der Waals surface area contributed by atoms with E-state index in [1.165, 1.54) is 19.3 Å². The molecule has 0 spiro atoms. The molecule has 2 fully saturated rings. The number of anilines is 3. The summed E-state index contributed by atoms with van der Waals surface area (Å²) < 4.78 is 5.48. The van der Waals surface area contributed by atoms with Gasteiger partial charge >= 0.3 is 0 Å². The highest BCUT2D eigenvalue weighted by molar-refractivity contribution is 5.89. The Labute approximate surface area is 141 Å². The van der Waals surface area contributed by atoms with Crippen molar-refractivity contribution >= 4 is 28.6 Å². The van der Waals surface area contributed by atoms with Gasteiger partial charge in [0.15, 0.2) is 5.65 Å². The first-order chi connectivity index (χ1) is 11.7. The van der Waals surface area contributed by atoms with Gasteiger partial charge in [0.25, 0.3) is 0 Å². The summed E-state index contributed by atoms with van der Waals surface area (Å²) in [5.41, 5.74) is 6.57. The van der Waals surface area contributed by atoms with Crippen LogP contribution in [0.5, 0.6) is 0 Å². The first-order valence-corrected chi connectivity index (χ1v) is 8.76. The van der Waals surface area contributed by atoms with Crippen LogP contribution in [0.4, 0.5) is 17.6 Å². The second kappa shape index (κ2) is 6.39. The number of piperidine rings is 1. The van der Waals surface area contributed by atoms with Gasteiger partial charge in [-0.25, -0.2) is 4.98 Å². The molecule has 128 valence electrons. The summed E-state index contributed by atoms with van der Waals surface area (Å²) in [5.74, 6) is 2.21. The zero-order valence-electron chi connectivity index (χ0n) is 14.1. The normalized spacial score (nSPS) is 22.1. The molecule has 2 aliphatic rings. The first kappa shape index (κ1) is 15.4. The molecule has 2 saturated heterocycles. The molecule has 1 atom stereocenters. The molecule has 0 radical (unpaired) electrons. The minimum Gasteiger partial charge on any atom is -0.384 e. The van der Waals surface area contributed by atoms with E-state index < -0.39 is 0 Å². The van der Waals surface area contributed by atoms with E-state index in [1.807, 2.05) is 12.1 Å². The molecule has 0 amide bonds. The number of morpholine rings is 1. The maximum atomic E-state index is 5.89. The van der Waals surface area contributed by atoms with Crippen molar-refractivity contribution in [3.8, 4) is 0 Å². The van der Waals surface area contributed by atoms with Gasteiger partial charge in [0, 0.05) is 25.7 Å². The van der Waals surface area contributed by atoms with Crippen LogP contribution in [0.3, 0.4) is 0 Å². The molecular formula is C17H24N6O. The van der Waals surface area contributed by atoms with Crippen molar-refractivity contribution in [1.29, 1.82) is 0 Å². The zero-order valence-corrected chi connectivity index (χ0v) is 14.1. The monoisotopic (exact) mass is 328 g/mol. The van der Waals surface area contributed by atoms with E-state index in [4.69, 9.17) is 20.4 Å². The lowest BCUT2D eigenvalue weighted by molar-refractivity contribution is 0.122. The van der Waals surface area contributed by atoms with Gasteiger partial charge in [-0.1, -0.05) is 0 Å². The number of fused-ring (bicyclic) bond motifs is 1. The lowest BCUT2D eigenvalue weighted by Crippen LogP contribution is -2.40. The Kier molecular flexibility index (Phi) is 4.10. The van der Waals surface area contributed by atoms with Crippen molar-refractivity contribution in [3.05, 3.63) is 12.1 Å². The molecule has 2 N–H and O–H groups in total. The van der Waals surface area contributed by atoms with Gasteiger partial charge in [-0.3, -0.25) is 0 Å². The summed E-state index contributed by atoms with van der Waals surface area (Å²) in [6.07, 6.45) is 3.63. The van der Waals surface area contributed by atoms with Gasteiger partial charge in [-0.2, -0.15) is 9.97 Å². The highest BCUT2D eigenvalue weighted by Crippen LogP contribution is 2.29. The molecule has 0 bridgehead atoms. The Morgan fingerprint density at radius 1 is 1.08 bits per heavy atom. The predicted molar refractivity (Wildman–Crippen MR) is 95.4 cm³/mol. The van der Waals surface area contributed by atoms with Gasteiger partial charge in [0.2, 0.25) is 5.95 Å². The van der Waals surface area contributed by atoms with Crippen LogP contribution in [0.25, 0.3) is 11.0 Å². The third kappa shape index (κ3) is 2.84. The number of hydrogen-bond donors (Lipinski definition) is 1. The van der Waals surface area contributed by atoms with E-state index in [-0.39, 0.29) is 0 Å². The smallest absolute Gasteiger partial charge is 0.229 e. The summed E-state index contributed by atoms with van der Waals surface area (Å²) in [4.78, 5) is 18.7. The number of aromatic nitrogens is 3. The second-order valence-electron chi connectivity index (χ2n) is 6.59. The van der Waals surface area contributed by atoms with E-state index in [0.29, 0.717) is 17.5 Å². The largest absolute Gasteiger partial charge is 0.384 e. The third-order valence-electron chi connectivity index (χ3n) is 4.92. The highest BCUT2D eigenvalue weighted by atomic mass is 16.5. The molecular weight excluding hydrogens is 304 g/mol. The second-order valence-corrected chi connectivity index (χ2v) is 6.59. The summed E-state index contributed by atoms with van der Waals surface area (Å²) >= 11 is 0. The fourth-order valence-electron chi connectivity index (χ4n) is 3.54. The van der Waals surface area contributed by atoms with E-state index in [0.717, 1.165) is 50.0 Å². The van der Waals surface area contributed by atoms with Crippen LogP contribution in [0.1, 0.15) is 26.2 Å². The van der Waals surface area contributed by atoms with Gasteiger partial charge in [0.05, 0.1) is 18.6 Å². The van der Waals surface area contributed by atoms with Crippen molar-refractivity contribution in [3.63, 3.8) is 0 Å². The summed E-state index contributed by atoms with van der Waals surface area (Å²) in [5, 5.41) is 0.958.